The maximum atomic E-state index is 13.2. The van der Waals surface area contributed by atoms with E-state index in [-0.39, 0.29) is 5.91 Å². The lowest BCUT2D eigenvalue weighted by atomic mass is 10.1. The normalized spacial score (nSPS) is 24.8. The third-order valence-electron chi connectivity index (χ3n) is 5.88. The Morgan fingerprint density at radius 3 is 2.71 bits per heavy atom. The predicted molar refractivity (Wildman–Crippen MR) is 97.2 cm³/mol. The van der Waals surface area contributed by atoms with Crippen molar-refractivity contribution in [1.29, 1.82) is 0 Å². The van der Waals surface area contributed by atoms with Gasteiger partial charge < -0.3 is 9.47 Å². The number of carbonyl (C=O) groups is 1. The van der Waals surface area contributed by atoms with Gasteiger partial charge in [0.1, 0.15) is 0 Å². The predicted octanol–water partition coefficient (Wildman–Crippen LogP) is 3.27. The minimum Gasteiger partial charge on any atom is -0.351 e. The topological polar surface area (TPSA) is 28.5 Å². The average Bonchev–Trinajstić information content (AvgIpc) is 3.06. The van der Waals surface area contributed by atoms with Gasteiger partial charge in [0.25, 0.3) is 5.91 Å². The molecule has 128 valence electrons. The van der Waals surface area contributed by atoms with Crippen molar-refractivity contribution < 1.29 is 4.79 Å². The summed E-state index contributed by atoms with van der Waals surface area (Å²) in [6.45, 7) is 6.32. The molecular weight excluding hydrogens is 298 g/mol. The first-order valence-corrected chi connectivity index (χ1v) is 9.17. The number of amides is 1. The average molecular weight is 325 g/mol. The van der Waals surface area contributed by atoms with Crippen LogP contribution in [0.15, 0.2) is 30.5 Å². The van der Waals surface area contributed by atoms with Gasteiger partial charge in [-0.25, -0.2) is 0 Å². The molecule has 0 N–H and O–H groups in total. The van der Waals surface area contributed by atoms with E-state index in [1.165, 1.54) is 12.8 Å². The van der Waals surface area contributed by atoms with Gasteiger partial charge in [0, 0.05) is 60.9 Å². The maximum Gasteiger partial charge on any atom is 0.254 e. The number of likely N-dealkylation sites (tertiary alicyclic amines) is 1. The lowest BCUT2D eigenvalue weighted by Gasteiger charge is -2.32. The summed E-state index contributed by atoms with van der Waals surface area (Å²) in [6.07, 6.45) is 5.65. The smallest absolute Gasteiger partial charge is 0.254 e. The van der Waals surface area contributed by atoms with E-state index in [0.717, 1.165) is 36.0 Å². The van der Waals surface area contributed by atoms with Crippen LogP contribution < -0.4 is 0 Å². The molecule has 0 spiro atoms. The molecule has 2 aromatic rings. The van der Waals surface area contributed by atoms with Gasteiger partial charge >= 0.3 is 0 Å². The van der Waals surface area contributed by atoms with Crippen LogP contribution in [-0.2, 0) is 7.05 Å². The van der Waals surface area contributed by atoms with Crippen LogP contribution in [-0.4, -0.2) is 51.5 Å². The number of rotatable bonds is 2. The molecule has 2 aliphatic heterocycles. The van der Waals surface area contributed by atoms with Crippen LogP contribution in [0.1, 0.15) is 43.5 Å². The Kier molecular flexibility index (Phi) is 3.87. The van der Waals surface area contributed by atoms with Crippen LogP contribution >= 0.6 is 0 Å². The fourth-order valence-electron chi connectivity index (χ4n) is 4.80. The Hall–Kier alpha value is -1.81. The molecule has 24 heavy (non-hydrogen) atoms. The van der Waals surface area contributed by atoms with Gasteiger partial charge in [-0.15, -0.1) is 0 Å². The van der Waals surface area contributed by atoms with Crippen molar-refractivity contribution in [3.63, 3.8) is 0 Å². The Labute approximate surface area is 144 Å². The number of fused-ring (bicyclic) bond motifs is 3. The van der Waals surface area contributed by atoms with Crippen molar-refractivity contribution in [3.8, 4) is 0 Å². The van der Waals surface area contributed by atoms with Crippen molar-refractivity contribution in [2.45, 2.75) is 51.2 Å². The van der Waals surface area contributed by atoms with E-state index in [1.54, 1.807) is 0 Å². The number of hydrogen-bond acceptors (Lipinski definition) is 2. The summed E-state index contributed by atoms with van der Waals surface area (Å²) in [5.74, 6) is 0.197. The highest BCUT2D eigenvalue weighted by molar-refractivity contribution is 6.06. The highest BCUT2D eigenvalue weighted by Crippen LogP contribution is 2.33. The molecule has 2 saturated heterocycles. The van der Waals surface area contributed by atoms with Crippen molar-refractivity contribution in [2.75, 3.05) is 13.1 Å². The standard InChI is InChI=1S/C20H27N3O/c1-14(2)23-15-7-8-16(23)13-22(12-9-15)20(24)18-5-4-6-19-17(18)10-11-21(19)3/h4-6,10-11,14-16H,7-9,12-13H2,1-3H3. The summed E-state index contributed by atoms with van der Waals surface area (Å²) in [6, 6.07) is 9.87. The van der Waals surface area contributed by atoms with Crippen LogP contribution in [0.2, 0.25) is 0 Å². The van der Waals surface area contributed by atoms with Crippen LogP contribution in [0.3, 0.4) is 0 Å². The fourth-order valence-corrected chi connectivity index (χ4v) is 4.80. The zero-order valence-corrected chi connectivity index (χ0v) is 14.9. The molecule has 2 bridgehead atoms. The van der Waals surface area contributed by atoms with E-state index >= 15 is 0 Å². The Balaban J connectivity index is 1.63. The molecule has 1 aromatic carbocycles. The summed E-state index contributed by atoms with van der Waals surface area (Å²) in [5.41, 5.74) is 1.97. The third kappa shape index (κ3) is 2.44. The van der Waals surface area contributed by atoms with Crippen molar-refractivity contribution in [3.05, 3.63) is 36.0 Å². The first-order chi connectivity index (χ1) is 11.6. The van der Waals surface area contributed by atoms with Crippen LogP contribution in [0.4, 0.5) is 0 Å². The van der Waals surface area contributed by atoms with Gasteiger partial charge in [-0.1, -0.05) is 6.07 Å². The molecule has 0 saturated carbocycles. The Bertz CT molecular complexity index is 763. The second kappa shape index (κ2) is 5.92. The van der Waals surface area contributed by atoms with Crippen LogP contribution in [0.25, 0.3) is 10.9 Å². The number of benzene rings is 1. The van der Waals surface area contributed by atoms with Crippen molar-refractivity contribution in [2.24, 2.45) is 7.05 Å². The van der Waals surface area contributed by atoms with Crippen molar-refractivity contribution in [1.82, 2.24) is 14.4 Å². The molecular formula is C20H27N3O. The van der Waals surface area contributed by atoms with Gasteiger partial charge in [0.05, 0.1) is 0 Å². The summed E-state index contributed by atoms with van der Waals surface area (Å²) >= 11 is 0. The van der Waals surface area contributed by atoms with Crippen molar-refractivity contribution >= 4 is 16.8 Å². The highest BCUT2D eigenvalue weighted by atomic mass is 16.2. The molecule has 2 fully saturated rings. The van der Waals surface area contributed by atoms with E-state index < -0.39 is 0 Å². The zero-order valence-electron chi connectivity index (χ0n) is 14.9. The molecule has 1 aromatic heterocycles. The van der Waals surface area contributed by atoms with Crippen LogP contribution in [0, 0.1) is 0 Å². The van der Waals surface area contributed by atoms with E-state index in [2.05, 4.69) is 40.3 Å². The Morgan fingerprint density at radius 2 is 1.92 bits per heavy atom. The molecule has 2 atom stereocenters. The number of carbonyl (C=O) groups excluding carboxylic acids is 1. The highest BCUT2D eigenvalue weighted by Gasteiger charge is 2.39. The first kappa shape index (κ1) is 15.7. The molecule has 3 heterocycles. The number of aromatic nitrogens is 1. The quantitative estimate of drug-likeness (QED) is 0.848. The monoisotopic (exact) mass is 325 g/mol. The van der Waals surface area contributed by atoms with Gasteiger partial charge in [0.2, 0.25) is 0 Å². The molecule has 4 rings (SSSR count). The largest absolute Gasteiger partial charge is 0.351 e. The SMILES string of the molecule is CC(C)N1C2CCC1CN(C(=O)c1cccc3c1ccn3C)CC2. The second-order valence-corrected chi connectivity index (χ2v) is 7.63. The number of nitrogens with zero attached hydrogens (tertiary/aromatic N) is 3. The summed E-state index contributed by atoms with van der Waals surface area (Å²) < 4.78 is 2.08. The Morgan fingerprint density at radius 1 is 1.12 bits per heavy atom. The fraction of sp³-hybridized carbons (Fsp3) is 0.550. The summed E-state index contributed by atoms with van der Waals surface area (Å²) in [4.78, 5) is 18.0. The van der Waals surface area contributed by atoms with Gasteiger partial charge in [-0.3, -0.25) is 9.69 Å². The molecule has 0 radical (unpaired) electrons. The van der Waals surface area contributed by atoms with Gasteiger partial charge in [-0.2, -0.15) is 0 Å². The van der Waals surface area contributed by atoms with Crippen LogP contribution in [0.5, 0.6) is 0 Å². The summed E-state index contributed by atoms with van der Waals surface area (Å²) in [7, 11) is 2.03. The van der Waals surface area contributed by atoms with E-state index in [4.69, 9.17) is 0 Å². The zero-order chi connectivity index (χ0) is 16.8. The van der Waals surface area contributed by atoms with E-state index in [9.17, 15) is 4.79 Å². The number of hydrogen-bond donors (Lipinski definition) is 0. The number of aryl methyl sites for hydroxylation is 1. The lowest BCUT2D eigenvalue weighted by Crippen LogP contribution is -2.44. The maximum absolute atomic E-state index is 13.2. The van der Waals surface area contributed by atoms with E-state index in [0.29, 0.717) is 18.1 Å². The van der Waals surface area contributed by atoms with Gasteiger partial charge in [-0.05, 0) is 51.3 Å². The lowest BCUT2D eigenvalue weighted by molar-refractivity contribution is 0.0730. The van der Waals surface area contributed by atoms with E-state index in [1.807, 2.05) is 25.4 Å². The third-order valence-corrected chi connectivity index (χ3v) is 5.88. The first-order valence-electron chi connectivity index (χ1n) is 9.17. The molecule has 0 aliphatic carbocycles. The molecule has 2 unspecified atom stereocenters. The summed E-state index contributed by atoms with van der Waals surface area (Å²) in [5, 5.41) is 1.07. The second-order valence-electron chi connectivity index (χ2n) is 7.63. The minimum atomic E-state index is 0.197. The molecule has 4 nitrogen and oxygen atoms in total. The molecule has 2 aliphatic rings. The molecule has 1 amide bonds. The van der Waals surface area contributed by atoms with Gasteiger partial charge in [0.15, 0.2) is 0 Å². The molecule has 4 heteroatoms. The minimum absolute atomic E-state index is 0.197.